The normalized spacial score (nSPS) is 20.3. The van der Waals surface area contributed by atoms with Crippen molar-refractivity contribution in [3.8, 4) is 0 Å². The van der Waals surface area contributed by atoms with Crippen LogP contribution in [0.3, 0.4) is 0 Å². The van der Waals surface area contributed by atoms with Gasteiger partial charge in [-0.05, 0) is 19.8 Å². The molecule has 8 nitrogen and oxygen atoms in total. The van der Waals surface area contributed by atoms with E-state index in [1.807, 2.05) is 0 Å². The van der Waals surface area contributed by atoms with Crippen LogP contribution < -0.4 is 4.72 Å². The Balaban J connectivity index is 2.01. The summed E-state index contributed by atoms with van der Waals surface area (Å²) >= 11 is 0. The summed E-state index contributed by atoms with van der Waals surface area (Å²) in [5.74, 6) is 0.334. The van der Waals surface area contributed by atoms with Crippen molar-refractivity contribution in [1.82, 2.24) is 25.3 Å². The lowest BCUT2D eigenvalue weighted by Crippen LogP contribution is -2.39. The van der Waals surface area contributed by atoms with E-state index in [1.165, 1.54) is 0 Å². The Labute approximate surface area is 99.2 Å². The van der Waals surface area contributed by atoms with Crippen LogP contribution in [0.25, 0.3) is 0 Å². The first-order chi connectivity index (χ1) is 8.09. The van der Waals surface area contributed by atoms with Crippen molar-refractivity contribution in [1.29, 1.82) is 0 Å². The van der Waals surface area contributed by atoms with E-state index in [-0.39, 0.29) is 0 Å². The van der Waals surface area contributed by atoms with Gasteiger partial charge < -0.3 is 4.74 Å². The molecule has 2 heterocycles. The average molecular weight is 261 g/mol. The van der Waals surface area contributed by atoms with Gasteiger partial charge >= 0.3 is 0 Å². The van der Waals surface area contributed by atoms with Gasteiger partial charge in [-0.25, -0.2) is 13.1 Å². The minimum absolute atomic E-state index is 0.334. The van der Waals surface area contributed by atoms with Crippen LogP contribution in [0.5, 0.6) is 0 Å². The fourth-order valence-corrected chi connectivity index (χ4v) is 3.34. The van der Waals surface area contributed by atoms with Gasteiger partial charge in [0.2, 0.25) is 10.0 Å². The summed E-state index contributed by atoms with van der Waals surface area (Å²) in [5, 5.41) is 12.8. The maximum Gasteiger partial charge on any atom is 0.215 e. The predicted octanol–water partition coefficient (Wildman–Crippen LogP) is -0.641. The first-order valence-electron chi connectivity index (χ1n) is 5.42. The molecule has 0 saturated carbocycles. The van der Waals surface area contributed by atoms with Gasteiger partial charge in [-0.1, -0.05) is 5.21 Å². The van der Waals surface area contributed by atoms with E-state index in [0.29, 0.717) is 31.9 Å². The lowest BCUT2D eigenvalue weighted by Gasteiger charge is -2.23. The number of aromatic amines is 1. The zero-order chi connectivity index (χ0) is 12.3. The van der Waals surface area contributed by atoms with Gasteiger partial charge in [-0.15, -0.1) is 10.2 Å². The number of tetrazole rings is 1. The van der Waals surface area contributed by atoms with Gasteiger partial charge in [0.05, 0.1) is 11.3 Å². The second-order valence-electron chi connectivity index (χ2n) is 3.97. The zero-order valence-corrected chi connectivity index (χ0v) is 10.3. The van der Waals surface area contributed by atoms with Crippen molar-refractivity contribution in [3.63, 3.8) is 0 Å². The molecule has 1 fully saturated rings. The van der Waals surface area contributed by atoms with E-state index in [1.54, 1.807) is 6.92 Å². The molecule has 1 aromatic rings. The number of hydrogen-bond donors (Lipinski definition) is 2. The smallest absolute Gasteiger partial charge is 0.215 e. The maximum absolute atomic E-state index is 12.0. The molecule has 1 aliphatic heterocycles. The van der Waals surface area contributed by atoms with E-state index >= 15 is 0 Å². The SMILES string of the molecule is CC(NS(=O)(=O)C1CCOCC1)c1nn[nH]n1. The summed E-state index contributed by atoms with van der Waals surface area (Å²) in [6, 6.07) is -0.485. The number of nitrogens with zero attached hydrogens (tertiary/aromatic N) is 3. The lowest BCUT2D eigenvalue weighted by molar-refractivity contribution is 0.0981. The summed E-state index contributed by atoms with van der Waals surface area (Å²) in [6.07, 6.45) is 1.04. The molecule has 2 rings (SSSR count). The second-order valence-corrected chi connectivity index (χ2v) is 5.96. The first kappa shape index (κ1) is 12.4. The maximum atomic E-state index is 12.0. The van der Waals surface area contributed by atoms with Crippen LogP contribution in [0.2, 0.25) is 0 Å². The second kappa shape index (κ2) is 5.07. The molecule has 0 radical (unpaired) electrons. The third kappa shape index (κ3) is 2.99. The minimum Gasteiger partial charge on any atom is -0.381 e. The number of hydrogen-bond acceptors (Lipinski definition) is 6. The van der Waals surface area contributed by atoms with Crippen molar-refractivity contribution in [2.24, 2.45) is 0 Å². The molecule has 1 unspecified atom stereocenters. The third-order valence-corrected chi connectivity index (χ3v) is 4.73. The minimum atomic E-state index is -3.36. The molecule has 17 heavy (non-hydrogen) atoms. The summed E-state index contributed by atoms with van der Waals surface area (Å²) < 4.78 is 31.8. The monoisotopic (exact) mass is 261 g/mol. The zero-order valence-electron chi connectivity index (χ0n) is 9.46. The Morgan fingerprint density at radius 2 is 2.18 bits per heavy atom. The van der Waals surface area contributed by atoms with Crippen molar-refractivity contribution in [2.75, 3.05) is 13.2 Å². The molecule has 1 saturated heterocycles. The summed E-state index contributed by atoms with van der Waals surface area (Å²) in [4.78, 5) is 0. The highest BCUT2D eigenvalue weighted by Crippen LogP contribution is 2.17. The van der Waals surface area contributed by atoms with E-state index in [4.69, 9.17) is 4.74 Å². The molecule has 0 aromatic carbocycles. The highest BCUT2D eigenvalue weighted by atomic mass is 32.2. The molecule has 0 aliphatic carbocycles. The third-order valence-electron chi connectivity index (χ3n) is 2.70. The fourth-order valence-electron chi connectivity index (χ4n) is 1.73. The van der Waals surface area contributed by atoms with Gasteiger partial charge in [0.15, 0.2) is 5.82 Å². The van der Waals surface area contributed by atoms with Crippen molar-refractivity contribution >= 4 is 10.0 Å². The highest BCUT2D eigenvalue weighted by Gasteiger charge is 2.29. The van der Waals surface area contributed by atoms with Gasteiger partial charge in [0.25, 0.3) is 0 Å². The number of nitrogens with one attached hydrogen (secondary N) is 2. The molecule has 2 N–H and O–H groups in total. The number of H-pyrrole nitrogens is 1. The Hall–Kier alpha value is -1.06. The van der Waals surface area contributed by atoms with Gasteiger partial charge in [0, 0.05) is 13.2 Å². The van der Waals surface area contributed by atoms with E-state index < -0.39 is 21.3 Å². The molecule has 1 atom stereocenters. The molecule has 0 spiro atoms. The predicted molar refractivity (Wildman–Crippen MR) is 58.5 cm³/mol. The summed E-state index contributed by atoms with van der Waals surface area (Å²) in [5.41, 5.74) is 0. The van der Waals surface area contributed by atoms with Crippen LogP contribution in [0.15, 0.2) is 0 Å². The quantitative estimate of drug-likeness (QED) is 0.746. The lowest BCUT2D eigenvalue weighted by atomic mass is 10.2. The van der Waals surface area contributed by atoms with Gasteiger partial charge in [-0.2, -0.15) is 5.21 Å². The largest absolute Gasteiger partial charge is 0.381 e. The molecule has 0 amide bonds. The molecule has 1 aromatic heterocycles. The number of ether oxygens (including phenoxy) is 1. The molecular weight excluding hydrogens is 246 g/mol. The number of aromatic nitrogens is 4. The van der Waals surface area contributed by atoms with E-state index in [9.17, 15) is 8.42 Å². The summed E-state index contributed by atoms with van der Waals surface area (Å²) in [7, 11) is -3.36. The Morgan fingerprint density at radius 1 is 1.47 bits per heavy atom. The van der Waals surface area contributed by atoms with E-state index in [0.717, 1.165) is 0 Å². The number of sulfonamides is 1. The van der Waals surface area contributed by atoms with Crippen molar-refractivity contribution in [2.45, 2.75) is 31.1 Å². The Bertz CT molecular complexity index is 440. The van der Waals surface area contributed by atoms with Crippen LogP contribution in [-0.2, 0) is 14.8 Å². The summed E-state index contributed by atoms with van der Waals surface area (Å²) in [6.45, 7) is 2.66. The van der Waals surface area contributed by atoms with Crippen molar-refractivity contribution in [3.05, 3.63) is 5.82 Å². The van der Waals surface area contributed by atoms with Gasteiger partial charge in [-0.3, -0.25) is 0 Å². The average Bonchev–Trinajstić information content (AvgIpc) is 2.83. The highest BCUT2D eigenvalue weighted by molar-refractivity contribution is 7.90. The van der Waals surface area contributed by atoms with Crippen LogP contribution in [0, 0.1) is 0 Å². The van der Waals surface area contributed by atoms with Crippen molar-refractivity contribution < 1.29 is 13.2 Å². The van der Waals surface area contributed by atoms with Crippen LogP contribution in [0.1, 0.15) is 31.6 Å². The van der Waals surface area contributed by atoms with Gasteiger partial charge in [0.1, 0.15) is 0 Å². The molecule has 9 heteroatoms. The molecule has 96 valence electrons. The fraction of sp³-hybridized carbons (Fsp3) is 0.875. The van der Waals surface area contributed by atoms with Crippen LogP contribution in [-0.4, -0.2) is 47.5 Å². The molecular formula is C8H15N5O3S. The van der Waals surface area contributed by atoms with E-state index in [2.05, 4.69) is 25.3 Å². The molecule has 0 bridgehead atoms. The Morgan fingerprint density at radius 3 is 2.76 bits per heavy atom. The molecule has 1 aliphatic rings. The van der Waals surface area contributed by atoms with Crippen LogP contribution in [0.4, 0.5) is 0 Å². The topological polar surface area (TPSA) is 110 Å². The standard InChI is InChI=1S/C8H15N5O3S/c1-6(8-9-12-13-10-8)11-17(14,15)7-2-4-16-5-3-7/h6-7,11H,2-5H2,1H3,(H,9,10,12,13). The Kier molecular flexibility index (Phi) is 3.69. The number of rotatable bonds is 4. The van der Waals surface area contributed by atoms with Crippen LogP contribution >= 0.6 is 0 Å². The first-order valence-corrected chi connectivity index (χ1v) is 6.96.